The van der Waals surface area contributed by atoms with Gasteiger partial charge in [-0.3, -0.25) is 15.0 Å². The van der Waals surface area contributed by atoms with Gasteiger partial charge in [0.15, 0.2) is 0 Å². The van der Waals surface area contributed by atoms with Crippen LogP contribution in [0.25, 0.3) is 0 Å². The van der Waals surface area contributed by atoms with Gasteiger partial charge in [0.1, 0.15) is 0 Å². The third-order valence-electron chi connectivity index (χ3n) is 3.09. The predicted octanol–water partition coefficient (Wildman–Crippen LogP) is -0.513. The maximum absolute atomic E-state index is 11.7. The second-order valence-corrected chi connectivity index (χ2v) is 5.40. The van der Waals surface area contributed by atoms with Crippen molar-refractivity contribution in [3.8, 4) is 0 Å². The number of nitrogens with zero attached hydrogens (tertiary/aromatic N) is 1. The van der Waals surface area contributed by atoms with Gasteiger partial charge in [-0.1, -0.05) is 0 Å². The Morgan fingerprint density at radius 3 is 3.00 bits per heavy atom. The Labute approximate surface area is 107 Å². The van der Waals surface area contributed by atoms with Gasteiger partial charge < -0.3 is 10.1 Å². The van der Waals surface area contributed by atoms with Gasteiger partial charge in [0, 0.05) is 31.3 Å². The van der Waals surface area contributed by atoms with E-state index < -0.39 is 0 Å². The largest absolute Gasteiger partial charge is 0.379 e. The van der Waals surface area contributed by atoms with E-state index in [1.807, 2.05) is 0 Å². The van der Waals surface area contributed by atoms with Gasteiger partial charge in [-0.2, -0.15) is 0 Å². The van der Waals surface area contributed by atoms with Gasteiger partial charge in [0.05, 0.1) is 19.3 Å². The molecule has 2 aliphatic heterocycles. The molecule has 0 aromatic rings. The van der Waals surface area contributed by atoms with Gasteiger partial charge in [0.2, 0.25) is 5.91 Å². The van der Waals surface area contributed by atoms with Crippen molar-refractivity contribution in [3.05, 3.63) is 0 Å². The Kier molecular flexibility index (Phi) is 5.57. The van der Waals surface area contributed by atoms with Crippen LogP contribution in [-0.2, 0) is 9.53 Å². The first-order chi connectivity index (χ1) is 8.36. The highest BCUT2D eigenvalue weighted by atomic mass is 32.2. The standard InChI is InChI=1S/C11H21N3O2S/c15-11(10-8-17-9-13-10)12-2-1-3-14-4-6-16-7-5-14/h10,13H,1-9H2,(H,12,15). The number of morpholine rings is 1. The van der Waals surface area contributed by atoms with Gasteiger partial charge in [-0.05, 0) is 13.0 Å². The monoisotopic (exact) mass is 259 g/mol. The van der Waals surface area contributed by atoms with Crippen molar-refractivity contribution in [1.29, 1.82) is 0 Å². The molecule has 6 heteroatoms. The number of hydrogen-bond donors (Lipinski definition) is 2. The Hall–Kier alpha value is -0.300. The van der Waals surface area contributed by atoms with E-state index in [9.17, 15) is 4.79 Å². The van der Waals surface area contributed by atoms with Crippen LogP contribution < -0.4 is 10.6 Å². The van der Waals surface area contributed by atoms with E-state index in [4.69, 9.17) is 4.74 Å². The van der Waals surface area contributed by atoms with Crippen LogP contribution in [-0.4, -0.2) is 67.9 Å². The molecule has 0 spiro atoms. The van der Waals surface area contributed by atoms with Crippen molar-refractivity contribution in [2.45, 2.75) is 12.5 Å². The number of hydrogen-bond acceptors (Lipinski definition) is 5. The van der Waals surface area contributed by atoms with Gasteiger partial charge in [0.25, 0.3) is 0 Å². The topological polar surface area (TPSA) is 53.6 Å². The van der Waals surface area contributed by atoms with E-state index >= 15 is 0 Å². The molecule has 0 aromatic heterocycles. The normalized spacial score (nSPS) is 26.0. The molecule has 0 bridgehead atoms. The first-order valence-electron chi connectivity index (χ1n) is 6.25. The molecule has 1 amide bonds. The molecule has 0 saturated carbocycles. The average molecular weight is 259 g/mol. The molecule has 2 N–H and O–H groups in total. The highest BCUT2D eigenvalue weighted by Crippen LogP contribution is 2.09. The predicted molar refractivity (Wildman–Crippen MR) is 69.1 cm³/mol. The van der Waals surface area contributed by atoms with E-state index in [0.717, 1.165) is 57.4 Å². The fraction of sp³-hybridized carbons (Fsp3) is 0.909. The van der Waals surface area contributed by atoms with Gasteiger partial charge >= 0.3 is 0 Å². The quantitative estimate of drug-likeness (QED) is 0.651. The van der Waals surface area contributed by atoms with Crippen LogP contribution in [0, 0.1) is 0 Å². The van der Waals surface area contributed by atoms with Crippen molar-refractivity contribution in [1.82, 2.24) is 15.5 Å². The van der Waals surface area contributed by atoms with E-state index in [1.54, 1.807) is 11.8 Å². The van der Waals surface area contributed by atoms with Crippen LogP contribution in [0.2, 0.25) is 0 Å². The molecule has 2 saturated heterocycles. The third kappa shape index (κ3) is 4.46. The van der Waals surface area contributed by atoms with Gasteiger partial charge in [-0.15, -0.1) is 11.8 Å². The van der Waals surface area contributed by atoms with Crippen LogP contribution in [0.3, 0.4) is 0 Å². The SMILES string of the molecule is O=C(NCCCN1CCOCC1)C1CSCN1. The summed E-state index contributed by atoms with van der Waals surface area (Å²) >= 11 is 1.78. The summed E-state index contributed by atoms with van der Waals surface area (Å²) in [5.74, 6) is 1.94. The van der Waals surface area contributed by atoms with Crippen molar-refractivity contribution in [2.75, 3.05) is 51.0 Å². The molecule has 2 rings (SSSR count). The highest BCUT2D eigenvalue weighted by Gasteiger charge is 2.21. The molecule has 17 heavy (non-hydrogen) atoms. The Morgan fingerprint density at radius 1 is 1.47 bits per heavy atom. The lowest BCUT2D eigenvalue weighted by molar-refractivity contribution is -0.122. The van der Waals surface area contributed by atoms with Crippen LogP contribution in [0.4, 0.5) is 0 Å². The smallest absolute Gasteiger partial charge is 0.238 e. The van der Waals surface area contributed by atoms with Crippen molar-refractivity contribution in [2.24, 2.45) is 0 Å². The van der Waals surface area contributed by atoms with Crippen LogP contribution in [0.1, 0.15) is 6.42 Å². The van der Waals surface area contributed by atoms with Gasteiger partial charge in [-0.25, -0.2) is 0 Å². The molecule has 0 radical (unpaired) electrons. The van der Waals surface area contributed by atoms with Crippen LogP contribution >= 0.6 is 11.8 Å². The second-order valence-electron chi connectivity index (χ2n) is 4.37. The third-order valence-corrected chi connectivity index (χ3v) is 4.03. The minimum atomic E-state index is 0.0170. The molecule has 1 unspecified atom stereocenters. The Morgan fingerprint density at radius 2 is 2.29 bits per heavy atom. The molecule has 1 atom stereocenters. The lowest BCUT2D eigenvalue weighted by atomic mass is 10.3. The number of nitrogens with one attached hydrogen (secondary N) is 2. The maximum atomic E-state index is 11.7. The molecule has 2 aliphatic rings. The number of ether oxygens (including phenoxy) is 1. The minimum absolute atomic E-state index is 0.0170. The highest BCUT2D eigenvalue weighted by molar-refractivity contribution is 7.99. The number of rotatable bonds is 5. The van der Waals surface area contributed by atoms with Crippen LogP contribution in [0.5, 0.6) is 0 Å². The van der Waals surface area contributed by atoms with Crippen molar-refractivity contribution < 1.29 is 9.53 Å². The summed E-state index contributed by atoms with van der Waals surface area (Å²) in [7, 11) is 0. The maximum Gasteiger partial charge on any atom is 0.238 e. The van der Waals surface area contributed by atoms with Crippen LogP contribution in [0.15, 0.2) is 0 Å². The summed E-state index contributed by atoms with van der Waals surface area (Å²) in [5.41, 5.74) is 0. The lowest BCUT2D eigenvalue weighted by Crippen LogP contribution is -2.43. The summed E-state index contributed by atoms with van der Waals surface area (Å²) in [5, 5.41) is 6.16. The Balaban J connectivity index is 1.51. The summed E-state index contributed by atoms with van der Waals surface area (Å²) in [4.78, 5) is 14.1. The van der Waals surface area contributed by atoms with E-state index in [0.29, 0.717) is 0 Å². The molecule has 2 heterocycles. The molecule has 0 aromatic carbocycles. The minimum Gasteiger partial charge on any atom is -0.379 e. The molecule has 2 fully saturated rings. The number of carbonyl (C=O) groups is 1. The summed E-state index contributed by atoms with van der Waals surface area (Å²) < 4.78 is 5.29. The molecular formula is C11H21N3O2S. The second kappa shape index (κ2) is 7.20. The number of carbonyl (C=O) groups excluding carboxylic acids is 1. The Bertz CT molecular complexity index is 241. The summed E-state index contributed by atoms with van der Waals surface area (Å²) in [6.45, 7) is 5.56. The van der Waals surface area contributed by atoms with E-state index in [2.05, 4.69) is 15.5 Å². The molecule has 0 aliphatic carbocycles. The lowest BCUT2D eigenvalue weighted by Gasteiger charge is -2.26. The van der Waals surface area contributed by atoms with Crippen molar-refractivity contribution >= 4 is 17.7 Å². The van der Waals surface area contributed by atoms with E-state index in [-0.39, 0.29) is 11.9 Å². The summed E-state index contributed by atoms with van der Waals surface area (Å²) in [6, 6.07) is 0.0170. The zero-order valence-corrected chi connectivity index (χ0v) is 10.9. The average Bonchev–Trinajstić information content (AvgIpc) is 2.89. The first-order valence-corrected chi connectivity index (χ1v) is 7.40. The molecular weight excluding hydrogens is 238 g/mol. The van der Waals surface area contributed by atoms with E-state index in [1.165, 1.54) is 0 Å². The molecule has 5 nitrogen and oxygen atoms in total. The fourth-order valence-electron chi connectivity index (χ4n) is 2.03. The fourth-order valence-corrected chi connectivity index (χ4v) is 2.97. The first kappa shape index (κ1) is 13.1. The number of thioether (sulfide) groups is 1. The summed E-state index contributed by atoms with van der Waals surface area (Å²) in [6.07, 6.45) is 1.02. The van der Waals surface area contributed by atoms with Crippen molar-refractivity contribution in [3.63, 3.8) is 0 Å². The molecule has 98 valence electrons. The number of amides is 1. The zero-order chi connectivity index (χ0) is 11.9. The zero-order valence-electron chi connectivity index (χ0n) is 10.1.